The lowest BCUT2D eigenvalue weighted by atomic mass is 10.1. The molecule has 2 aromatic carbocycles. The number of carbonyl (C=O) groups excluding carboxylic acids is 3. The first kappa shape index (κ1) is 38.3. The number of aromatic nitrogens is 2. The summed E-state index contributed by atoms with van der Waals surface area (Å²) in [6.07, 6.45) is 7.16. The number of nitrogens with zero attached hydrogens (tertiary/aromatic N) is 4. The molecule has 54 heavy (non-hydrogen) atoms. The third-order valence-electron chi connectivity index (χ3n) is 9.60. The molecule has 2 unspecified atom stereocenters. The van der Waals surface area contributed by atoms with Gasteiger partial charge < -0.3 is 44.6 Å². The molecule has 2 aromatic heterocycles. The Morgan fingerprint density at radius 1 is 0.944 bits per heavy atom. The summed E-state index contributed by atoms with van der Waals surface area (Å²) in [5, 5.41) is 22.9. The summed E-state index contributed by atoms with van der Waals surface area (Å²) in [4.78, 5) is 45.5. The largest absolute Gasteiger partial charge is 0.493 e. The fraction of sp³-hybridized carbons (Fsp3) is 0.400. The van der Waals surface area contributed by atoms with Crippen LogP contribution in [0.3, 0.4) is 0 Å². The first-order valence-corrected chi connectivity index (χ1v) is 18.4. The van der Waals surface area contributed by atoms with E-state index in [1.807, 2.05) is 59.3 Å². The van der Waals surface area contributed by atoms with Crippen molar-refractivity contribution in [2.24, 2.45) is 19.1 Å². The summed E-state index contributed by atoms with van der Waals surface area (Å²) < 4.78 is 15.0. The number of aliphatic imine (C=N–C) groups is 1. The molecule has 2 aliphatic rings. The van der Waals surface area contributed by atoms with E-state index in [0.29, 0.717) is 65.4 Å². The third kappa shape index (κ3) is 9.01. The third-order valence-corrected chi connectivity index (χ3v) is 9.60. The lowest BCUT2D eigenvalue weighted by Crippen LogP contribution is -2.35. The van der Waals surface area contributed by atoms with Gasteiger partial charge in [-0.2, -0.15) is 0 Å². The summed E-state index contributed by atoms with van der Waals surface area (Å²) in [5.41, 5.74) is 5.18. The molecule has 2 aliphatic heterocycles. The molecule has 0 bridgehead atoms. The van der Waals surface area contributed by atoms with E-state index in [0.717, 1.165) is 36.2 Å². The molecular weight excluding hydrogens is 688 g/mol. The summed E-state index contributed by atoms with van der Waals surface area (Å²) in [5.74, 6) is 0.304. The van der Waals surface area contributed by atoms with Crippen LogP contribution < -0.4 is 30.7 Å². The number of carbonyl (C=O) groups is 3. The fourth-order valence-corrected chi connectivity index (χ4v) is 6.74. The van der Waals surface area contributed by atoms with Gasteiger partial charge in [-0.15, -0.1) is 0 Å². The van der Waals surface area contributed by atoms with Crippen molar-refractivity contribution in [2.75, 3.05) is 44.0 Å². The minimum atomic E-state index is -0.797. The quantitative estimate of drug-likeness (QED) is 0.0794. The number of hydrogen-bond donors (Lipinski definition) is 5. The molecular formula is C40H50N8O6. The Hall–Kier alpha value is -5.44. The maximum atomic E-state index is 13.2. The summed E-state index contributed by atoms with van der Waals surface area (Å²) in [6.45, 7) is 6.51. The minimum absolute atomic E-state index is 0.00856. The Balaban J connectivity index is 0.977. The van der Waals surface area contributed by atoms with Gasteiger partial charge in [0.2, 0.25) is 5.91 Å². The zero-order valence-electron chi connectivity index (χ0n) is 31.5. The second-order valence-corrected chi connectivity index (χ2v) is 14.0. The van der Waals surface area contributed by atoms with Crippen molar-refractivity contribution in [3.63, 3.8) is 0 Å². The average molecular weight is 739 g/mol. The van der Waals surface area contributed by atoms with E-state index in [4.69, 9.17) is 9.47 Å². The van der Waals surface area contributed by atoms with Crippen LogP contribution in [0.25, 0.3) is 11.1 Å². The second-order valence-electron chi connectivity index (χ2n) is 14.0. The number of ether oxygens (including phenoxy) is 2. The number of aliphatic hydroxyl groups excluding tert-OH is 1. The van der Waals surface area contributed by atoms with Crippen molar-refractivity contribution >= 4 is 41.0 Å². The Morgan fingerprint density at radius 3 is 2.48 bits per heavy atom. The number of fused-ring (bicyclic) bond motifs is 2. The van der Waals surface area contributed by atoms with Gasteiger partial charge in [0.25, 0.3) is 11.8 Å². The Morgan fingerprint density at radius 2 is 1.72 bits per heavy atom. The monoisotopic (exact) mass is 738 g/mol. The highest BCUT2D eigenvalue weighted by molar-refractivity contribution is 6.05. The van der Waals surface area contributed by atoms with Crippen LogP contribution in [-0.2, 0) is 18.9 Å². The molecule has 0 spiro atoms. The number of nitrogens with one attached hydrogen (secondary N) is 4. The number of benzene rings is 2. The molecule has 14 nitrogen and oxygen atoms in total. The van der Waals surface area contributed by atoms with Crippen LogP contribution in [-0.4, -0.2) is 88.5 Å². The van der Waals surface area contributed by atoms with Crippen LogP contribution in [0.4, 0.5) is 17.1 Å². The minimum Gasteiger partial charge on any atom is -0.493 e. The van der Waals surface area contributed by atoms with Crippen molar-refractivity contribution in [1.29, 1.82) is 0 Å². The van der Waals surface area contributed by atoms with Crippen LogP contribution in [0.1, 0.15) is 72.3 Å². The predicted molar refractivity (Wildman–Crippen MR) is 209 cm³/mol. The van der Waals surface area contributed by atoms with E-state index >= 15 is 0 Å². The van der Waals surface area contributed by atoms with Gasteiger partial charge in [-0.1, -0.05) is 26.0 Å². The van der Waals surface area contributed by atoms with Crippen LogP contribution in [0.2, 0.25) is 0 Å². The summed E-state index contributed by atoms with van der Waals surface area (Å²) in [7, 11) is 5.17. The Kier molecular flexibility index (Phi) is 12.2. The number of rotatable bonds is 16. The molecule has 3 amide bonds. The molecule has 6 rings (SSSR count). The number of aliphatic hydroxyl groups is 1. The van der Waals surface area contributed by atoms with E-state index in [9.17, 15) is 19.5 Å². The molecule has 1 saturated heterocycles. The molecule has 4 aromatic rings. The van der Waals surface area contributed by atoms with Gasteiger partial charge >= 0.3 is 0 Å². The van der Waals surface area contributed by atoms with E-state index in [-0.39, 0.29) is 36.8 Å². The van der Waals surface area contributed by atoms with Gasteiger partial charge in [0, 0.05) is 76.6 Å². The van der Waals surface area contributed by atoms with Crippen molar-refractivity contribution in [3.05, 3.63) is 77.9 Å². The van der Waals surface area contributed by atoms with Gasteiger partial charge in [-0.25, -0.2) is 0 Å². The normalized spacial score (nSPS) is 15.5. The lowest BCUT2D eigenvalue weighted by molar-refractivity contribution is -0.116. The zero-order valence-corrected chi connectivity index (χ0v) is 31.5. The van der Waals surface area contributed by atoms with Gasteiger partial charge in [-0.3, -0.25) is 24.7 Å². The first-order chi connectivity index (χ1) is 26.0. The van der Waals surface area contributed by atoms with Crippen molar-refractivity contribution in [2.45, 2.75) is 57.8 Å². The lowest BCUT2D eigenvalue weighted by Gasteiger charge is -2.20. The second kappa shape index (κ2) is 17.1. The maximum absolute atomic E-state index is 13.2. The smallest absolute Gasteiger partial charge is 0.272 e. The number of anilines is 2. The van der Waals surface area contributed by atoms with Crippen LogP contribution in [0.5, 0.6) is 11.5 Å². The van der Waals surface area contributed by atoms with Gasteiger partial charge in [0.15, 0.2) is 11.5 Å². The predicted octanol–water partition coefficient (Wildman–Crippen LogP) is 4.99. The van der Waals surface area contributed by atoms with E-state index in [2.05, 4.69) is 40.1 Å². The molecule has 286 valence electrons. The fourth-order valence-electron chi connectivity index (χ4n) is 6.74. The number of methoxy groups -OCH3 is 1. The van der Waals surface area contributed by atoms with Crippen molar-refractivity contribution < 1.29 is 29.0 Å². The average Bonchev–Trinajstić information content (AvgIpc) is 3.87. The van der Waals surface area contributed by atoms with Crippen LogP contribution in [0, 0.1) is 0 Å². The van der Waals surface area contributed by atoms with E-state index in [1.165, 1.54) is 7.11 Å². The zero-order chi connectivity index (χ0) is 38.4. The van der Waals surface area contributed by atoms with E-state index < -0.39 is 6.23 Å². The van der Waals surface area contributed by atoms with Crippen LogP contribution >= 0.6 is 0 Å². The van der Waals surface area contributed by atoms with Gasteiger partial charge in [0.1, 0.15) is 11.9 Å². The van der Waals surface area contributed by atoms with Gasteiger partial charge in [-0.05, 0) is 60.7 Å². The number of hydrogen-bond acceptors (Lipinski definition) is 9. The highest BCUT2D eigenvalue weighted by Gasteiger charge is 2.32. The maximum Gasteiger partial charge on any atom is 0.272 e. The van der Waals surface area contributed by atoms with Gasteiger partial charge in [0.05, 0.1) is 42.4 Å². The highest BCUT2D eigenvalue weighted by atomic mass is 16.5. The standard InChI is InChI=1S/C40H50N8O6/c1-25(2)41-14-15-42-38(50)33-18-27(23-46(33)3)26-10-12-28(13-11-26)45-39(51)34-19-29(24-47(34)4)44-37(49)9-7-17-54-36-21-32-31(20-35(36)53-5)40(52)48-16-6-8-30(48)22-43-32/h10-13,18-25,30,38,41-42,50H,6-9,14-17H2,1-5H3,(H,44,49)(H,45,51). The SMILES string of the molecule is COc1cc2c(cc1OCCCC(=O)Nc1cc(C(=O)Nc3ccc(-c4cc(C(O)NCCNC(C)C)n(C)c4)cc3)n(C)c1)N=CC1CCCN1C2=O. The van der Waals surface area contributed by atoms with Crippen molar-refractivity contribution in [1.82, 2.24) is 24.7 Å². The molecule has 1 fully saturated rings. The molecule has 0 saturated carbocycles. The summed E-state index contributed by atoms with van der Waals surface area (Å²) >= 11 is 0. The summed E-state index contributed by atoms with van der Waals surface area (Å²) in [6, 6.07) is 14.9. The topological polar surface area (TPSA) is 163 Å². The van der Waals surface area contributed by atoms with Crippen LogP contribution in [0.15, 0.2) is 65.9 Å². The number of aryl methyl sites for hydroxylation is 2. The highest BCUT2D eigenvalue weighted by Crippen LogP contribution is 2.38. The van der Waals surface area contributed by atoms with E-state index in [1.54, 1.807) is 36.0 Å². The first-order valence-electron chi connectivity index (χ1n) is 18.4. The molecule has 0 aliphatic carbocycles. The number of amides is 3. The Labute approximate surface area is 315 Å². The molecule has 4 heterocycles. The van der Waals surface area contributed by atoms with Crippen molar-refractivity contribution in [3.8, 4) is 22.6 Å². The molecule has 2 atom stereocenters. The molecule has 14 heteroatoms. The Bertz CT molecular complexity index is 2000. The molecule has 5 N–H and O–H groups in total. The molecule has 0 radical (unpaired) electrons.